The van der Waals surface area contributed by atoms with Gasteiger partial charge in [-0.25, -0.2) is 4.39 Å². The van der Waals surface area contributed by atoms with Gasteiger partial charge in [0.2, 0.25) is 0 Å². The number of hydrogen-bond donors (Lipinski definition) is 1. The highest BCUT2D eigenvalue weighted by molar-refractivity contribution is 5.29. The smallest absolute Gasteiger partial charge is 0.126 e. The van der Waals surface area contributed by atoms with Gasteiger partial charge in [-0.1, -0.05) is 25.0 Å². The van der Waals surface area contributed by atoms with Crippen molar-refractivity contribution in [1.29, 1.82) is 0 Å². The molecule has 0 amide bonds. The summed E-state index contributed by atoms with van der Waals surface area (Å²) < 4.78 is 13.9. The van der Waals surface area contributed by atoms with Crippen molar-refractivity contribution in [3.63, 3.8) is 0 Å². The van der Waals surface area contributed by atoms with E-state index in [2.05, 4.69) is 4.90 Å². The first-order valence-corrected chi connectivity index (χ1v) is 7.90. The highest BCUT2D eigenvalue weighted by atomic mass is 19.1. The second-order valence-corrected chi connectivity index (χ2v) is 6.49. The molecule has 0 radical (unpaired) electrons. The summed E-state index contributed by atoms with van der Waals surface area (Å²) >= 11 is 0. The topological polar surface area (TPSA) is 29.3 Å². The minimum Gasteiger partial charge on any atom is -0.322 e. The molecular weight excluding hydrogens is 251 g/mol. The molecule has 1 aliphatic carbocycles. The number of halogens is 1. The number of rotatable bonds is 3. The molecule has 0 spiro atoms. The lowest BCUT2D eigenvalue weighted by molar-refractivity contribution is 0.0921. The summed E-state index contributed by atoms with van der Waals surface area (Å²) in [6.07, 6.45) is 7.36. The van der Waals surface area contributed by atoms with Gasteiger partial charge in [0, 0.05) is 11.6 Å². The van der Waals surface area contributed by atoms with Gasteiger partial charge in [0.1, 0.15) is 5.82 Å². The first-order valence-electron chi connectivity index (χ1n) is 7.90. The molecule has 1 saturated heterocycles. The Morgan fingerprint density at radius 3 is 2.40 bits per heavy atom. The predicted octanol–water partition coefficient (Wildman–Crippen LogP) is 3.54. The molecule has 1 unspecified atom stereocenters. The van der Waals surface area contributed by atoms with Gasteiger partial charge in [0.05, 0.1) is 0 Å². The lowest BCUT2D eigenvalue weighted by Crippen LogP contribution is -2.52. The van der Waals surface area contributed by atoms with Gasteiger partial charge in [-0.05, 0) is 62.9 Å². The molecule has 1 atom stereocenters. The van der Waals surface area contributed by atoms with Crippen LogP contribution in [0.25, 0.3) is 0 Å². The van der Waals surface area contributed by atoms with E-state index in [-0.39, 0.29) is 17.4 Å². The standard InChI is InChI=1S/C17H25FN2/c1-13-6-7-14(12-15(13)18)16(19)17(8-2-3-9-17)20-10-4-5-11-20/h6-7,12,16H,2-5,8-11,19H2,1H3. The third kappa shape index (κ3) is 2.27. The van der Waals surface area contributed by atoms with Crippen molar-refractivity contribution in [1.82, 2.24) is 4.90 Å². The summed E-state index contributed by atoms with van der Waals surface area (Å²) in [5, 5.41) is 0. The third-order valence-corrected chi connectivity index (χ3v) is 5.34. The van der Waals surface area contributed by atoms with Crippen LogP contribution in [0, 0.1) is 12.7 Å². The molecule has 0 bridgehead atoms. The average Bonchev–Trinajstić information content (AvgIpc) is 3.12. The maximum absolute atomic E-state index is 13.9. The molecule has 1 aromatic carbocycles. The average molecular weight is 276 g/mol. The van der Waals surface area contributed by atoms with Crippen LogP contribution in [0.5, 0.6) is 0 Å². The zero-order chi connectivity index (χ0) is 14.2. The van der Waals surface area contributed by atoms with E-state index in [1.165, 1.54) is 25.7 Å². The van der Waals surface area contributed by atoms with Gasteiger partial charge in [-0.2, -0.15) is 0 Å². The quantitative estimate of drug-likeness (QED) is 0.915. The Hall–Kier alpha value is -0.930. The van der Waals surface area contributed by atoms with Crippen LogP contribution in [0.4, 0.5) is 4.39 Å². The summed E-state index contributed by atoms with van der Waals surface area (Å²) in [5.41, 5.74) is 8.35. The highest BCUT2D eigenvalue weighted by Crippen LogP contribution is 2.44. The molecule has 1 aliphatic heterocycles. The van der Waals surface area contributed by atoms with Crippen LogP contribution in [0.2, 0.25) is 0 Å². The molecule has 2 nitrogen and oxygen atoms in total. The van der Waals surface area contributed by atoms with Gasteiger partial charge in [0.15, 0.2) is 0 Å². The van der Waals surface area contributed by atoms with Gasteiger partial charge in [0.25, 0.3) is 0 Å². The molecule has 2 aliphatic rings. The molecule has 3 heteroatoms. The highest BCUT2D eigenvalue weighted by Gasteiger charge is 2.45. The summed E-state index contributed by atoms with van der Waals surface area (Å²) in [6, 6.07) is 5.45. The monoisotopic (exact) mass is 276 g/mol. The number of likely N-dealkylation sites (tertiary alicyclic amines) is 1. The first kappa shape index (κ1) is 14.0. The van der Waals surface area contributed by atoms with E-state index in [9.17, 15) is 4.39 Å². The molecule has 2 fully saturated rings. The van der Waals surface area contributed by atoms with Gasteiger partial charge in [-0.15, -0.1) is 0 Å². The maximum atomic E-state index is 13.9. The number of nitrogens with two attached hydrogens (primary N) is 1. The van der Waals surface area contributed by atoms with E-state index in [1.54, 1.807) is 13.0 Å². The van der Waals surface area contributed by atoms with E-state index in [4.69, 9.17) is 5.73 Å². The normalized spacial score (nSPS) is 24.1. The third-order valence-electron chi connectivity index (χ3n) is 5.34. The maximum Gasteiger partial charge on any atom is 0.126 e. The summed E-state index contributed by atoms with van der Waals surface area (Å²) in [6.45, 7) is 4.11. The SMILES string of the molecule is Cc1ccc(C(N)C2(N3CCCC3)CCCC2)cc1F. The Labute approximate surface area is 121 Å². The fraction of sp³-hybridized carbons (Fsp3) is 0.647. The second-order valence-electron chi connectivity index (χ2n) is 6.49. The van der Waals surface area contributed by atoms with Crippen LogP contribution in [-0.4, -0.2) is 23.5 Å². The van der Waals surface area contributed by atoms with Crippen LogP contribution in [0.3, 0.4) is 0 Å². The summed E-state index contributed by atoms with van der Waals surface area (Å²) in [4.78, 5) is 2.59. The molecule has 1 saturated carbocycles. The van der Waals surface area contributed by atoms with Crippen molar-refractivity contribution in [2.45, 2.75) is 57.0 Å². The van der Waals surface area contributed by atoms with E-state index in [0.717, 1.165) is 31.5 Å². The van der Waals surface area contributed by atoms with Crippen molar-refractivity contribution < 1.29 is 4.39 Å². The Kier molecular flexibility index (Phi) is 3.83. The van der Waals surface area contributed by atoms with Gasteiger partial charge in [-0.3, -0.25) is 4.90 Å². The van der Waals surface area contributed by atoms with Crippen molar-refractivity contribution in [2.24, 2.45) is 5.73 Å². The van der Waals surface area contributed by atoms with Crippen molar-refractivity contribution in [3.8, 4) is 0 Å². The van der Waals surface area contributed by atoms with Crippen molar-refractivity contribution in [3.05, 3.63) is 35.1 Å². The number of benzene rings is 1. The lowest BCUT2D eigenvalue weighted by Gasteiger charge is -2.43. The number of nitrogens with zero attached hydrogens (tertiary/aromatic N) is 1. The van der Waals surface area contributed by atoms with E-state index in [1.807, 2.05) is 12.1 Å². The number of aryl methyl sites for hydroxylation is 1. The molecule has 3 rings (SSSR count). The van der Waals surface area contributed by atoms with E-state index in [0.29, 0.717) is 5.56 Å². The lowest BCUT2D eigenvalue weighted by atomic mass is 9.82. The van der Waals surface area contributed by atoms with Gasteiger partial charge >= 0.3 is 0 Å². The van der Waals surface area contributed by atoms with Crippen LogP contribution in [0.1, 0.15) is 55.7 Å². The second kappa shape index (κ2) is 5.45. The summed E-state index contributed by atoms with van der Waals surface area (Å²) in [7, 11) is 0. The molecule has 0 aromatic heterocycles. The molecular formula is C17H25FN2. The van der Waals surface area contributed by atoms with E-state index >= 15 is 0 Å². The predicted molar refractivity (Wildman–Crippen MR) is 80.1 cm³/mol. The molecule has 110 valence electrons. The molecule has 1 aromatic rings. The molecule has 20 heavy (non-hydrogen) atoms. The van der Waals surface area contributed by atoms with Gasteiger partial charge < -0.3 is 5.73 Å². The fourth-order valence-electron chi connectivity index (χ4n) is 4.09. The van der Waals surface area contributed by atoms with Crippen molar-refractivity contribution in [2.75, 3.05) is 13.1 Å². The largest absolute Gasteiger partial charge is 0.322 e. The van der Waals surface area contributed by atoms with Crippen molar-refractivity contribution >= 4 is 0 Å². The Morgan fingerprint density at radius 2 is 1.80 bits per heavy atom. The van der Waals surface area contributed by atoms with E-state index < -0.39 is 0 Å². The van der Waals surface area contributed by atoms with Crippen LogP contribution >= 0.6 is 0 Å². The zero-order valence-electron chi connectivity index (χ0n) is 12.4. The summed E-state index contributed by atoms with van der Waals surface area (Å²) in [5.74, 6) is -0.132. The van der Waals surface area contributed by atoms with Crippen LogP contribution < -0.4 is 5.73 Å². The Bertz CT molecular complexity index is 474. The minimum absolute atomic E-state index is 0.0677. The first-order chi connectivity index (χ1) is 9.63. The fourth-order valence-corrected chi connectivity index (χ4v) is 4.09. The minimum atomic E-state index is -0.132. The van der Waals surface area contributed by atoms with Crippen LogP contribution in [-0.2, 0) is 0 Å². The molecule has 2 N–H and O–H groups in total. The zero-order valence-corrected chi connectivity index (χ0v) is 12.4. The number of hydrogen-bond acceptors (Lipinski definition) is 2. The Morgan fingerprint density at radius 1 is 1.15 bits per heavy atom. The molecule has 1 heterocycles. The Balaban J connectivity index is 1.92. The van der Waals surface area contributed by atoms with Crippen LogP contribution in [0.15, 0.2) is 18.2 Å².